The fourth-order valence-corrected chi connectivity index (χ4v) is 1.62. The first kappa shape index (κ1) is 14.6. The van der Waals surface area contributed by atoms with E-state index < -0.39 is 17.7 Å². The van der Waals surface area contributed by atoms with Crippen molar-refractivity contribution < 1.29 is 18.4 Å². The summed E-state index contributed by atoms with van der Waals surface area (Å²) in [4.78, 5) is 26.2. The number of hydrogen-bond donors (Lipinski definition) is 2. The Morgan fingerprint density at radius 1 is 1.10 bits per heavy atom. The fourth-order valence-electron chi connectivity index (χ4n) is 1.62. The zero-order valence-corrected chi connectivity index (χ0v) is 11.0. The van der Waals surface area contributed by atoms with E-state index in [0.717, 1.165) is 12.1 Å². The topological polar surface area (TPSA) is 71.1 Å². The quantitative estimate of drug-likeness (QED) is 0.854. The summed E-state index contributed by atoms with van der Waals surface area (Å²) in [6.45, 7) is 1.30. The van der Waals surface area contributed by atoms with Gasteiger partial charge in [-0.25, -0.2) is 9.37 Å². The van der Waals surface area contributed by atoms with E-state index in [1.165, 1.54) is 31.2 Å². The summed E-state index contributed by atoms with van der Waals surface area (Å²) in [5.74, 6) is -2.58. The molecule has 108 valence electrons. The van der Waals surface area contributed by atoms with Gasteiger partial charge >= 0.3 is 0 Å². The van der Waals surface area contributed by atoms with Gasteiger partial charge in [0.25, 0.3) is 5.91 Å². The predicted octanol–water partition coefficient (Wildman–Crippen LogP) is 2.57. The van der Waals surface area contributed by atoms with E-state index in [9.17, 15) is 18.4 Å². The van der Waals surface area contributed by atoms with E-state index in [2.05, 4.69) is 15.6 Å². The Balaban J connectivity index is 2.22. The standard InChI is InChI=1S/C14H11F2N3O2/c1-8(20)17-9-5-6-10(15)12(7-9)19-14(21)11-3-2-4-13(16)18-11/h2-7H,1H3,(H,17,20)(H,19,21). The zero-order chi connectivity index (χ0) is 15.4. The lowest BCUT2D eigenvalue weighted by Crippen LogP contribution is -2.15. The second kappa shape index (κ2) is 6.08. The van der Waals surface area contributed by atoms with Gasteiger partial charge in [0.1, 0.15) is 11.5 Å². The highest BCUT2D eigenvalue weighted by molar-refractivity contribution is 6.03. The van der Waals surface area contributed by atoms with Crippen LogP contribution in [0.5, 0.6) is 0 Å². The molecule has 0 radical (unpaired) electrons. The van der Waals surface area contributed by atoms with Crippen molar-refractivity contribution in [3.05, 3.63) is 53.9 Å². The summed E-state index contributed by atoms with van der Waals surface area (Å²) in [5.41, 5.74) is 0.00282. The number of nitrogens with one attached hydrogen (secondary N) is 2. The van der Waals surface area contributed by atoms with Crippen LogP contribution >= 0.6 is 0 Å². The predicted molar refractivity (Wildman–Crippen MR) is 72.9 cm³/mol. The second-order valence-electron chi connectivity index (χ2n) is 4.18. The molecule has 0 saturated heterocycles. The van der Waals surface area contributed by atoms with Gasteiger partial charge < -0.3 is 10.6 Å². The van der Waals surface area contributed by atoms with Gasteiger partial charge in [0.15, 0.2) is 0 Å². The lowest BCUT2D eigenvalue weighted by atomic mass is 10.2. The molecule has 0 spiro atoms. The van der Waals surface area contributed by atoms with Crippen LogP contribution in [0, 0.1) is 11.8 Å². The maximum atomic E-state index is 13.6. The van der Waals surface area contributed by atoms with Crippen LogP contribution in [0.3, 0.4) is 0 Å². The van der Waals surface area contributed by atoms with Crippen LogP contribution in [0.4, 0.5) is 20.2 Å². The van der Waals surface area contributed by atoms with E-state index in [0.29, 0.717) is 5.69 Å². The van der Waals surface area contributed by atoms with Crippen molar-refractivity contribution in [2.24, 2.45) is 0 Å². The number of amides is 2. The molecule has 0 bridgehead atoms. The van der Waals surface area contributed by atoms with Gasteiger partial charge in [-0.3, -0.25) is 9.59 Å². The molecule has 2 N–H and O–H groups in total. The Labute approximate surface area is 119 Å². The number of hydrogen-bond acceptors (Lipinski definition) is 3. The summed E-state index contributed by atoms with van der Waals surface area (Å²) < 4.78 is 26.6. The van der Waals surface area contributed by atoms with Gasteiger partial charge in [0.2, 0.25) is 11.9 Å². The molecule has 7 heteroatoms. The van der Waals surface area contributed by atoms with Gasteiger partial charge in [0, 0.05) is 12.6 Å². The molecule has 0 saturated carbocycles. The van der Waals surface area contributed by atoms with Crippen molar-refractivity contribution in [2.75, 3.05) is 10.6 Å². The number of aromatic nitrogens is 1. The number of benzene rings is 1. The third-order valence-electron chi connectivity index (χ3n) is 2.48. The minimum absolute atomic E-state index is 0.141. The van der Waals surface area contributed by atoms with Gasteiger partial charge in [-0.15, -0.1) is 0 Å². The largest absolute Gasteiger partial charge is 0.326 e. The lowest BCUT2D eigenvalue weighted by molar-refractivity contribution is -0.114. The third-order valence-corrected chi connectivity index (χ3v) is 2.48. The lowest BCUT2D eigenvalue weighted by Gasteiger charge is -2.08. The maximum Gasteiger partial charge on any atom is 0.274 e. The molecule has 0 aliphatic heterocycles. The minimum atomic E-state index is -0.810. The van der Waals surface area contributed by atoms with E-state index in [-0.39, 0.29) is 17.3 Å². The Hall–Kier alpha value is -2.83. The number of pyridine rings is 1. The van der Waals surface area contributed by atoms with Crippen LogP contribution in [0.1, 0.15) is 17.4 Å². The normalized spacial score (nSPS) is 10.0. The average Bonchev–Trinajstić information content (AvgIpc) is 2.42. The van der Waals surface area contributed by atoms with Crippen LogP contribution in [0.25, 0.3) is 0 Å². The first-order valence-corrected chi connectivity index (χ1v) is 5.97. The minimum Gasteiger partial charge on any atom is -0.326 e. The first-order valence-electron chi connectivity index (χ1n) is 5.97. The number of carbonyl (C=O) groups is 2. The molecule has 21 heavy (non-hydrogen) atoms. The van der Waals surface area contributed by atoms with Gasteiger partial charge in [-0.2, -0.15) is 4.39 Å². The molecular weight excluding hydrogens is 280 g/mol. The van der Waals surface area contributed by atoms with E-state index in [4.69, 9.17) is 0 Å². The Kier molecular flexibility index (Phi) is 4.22. The molecule has 2 amide bonds. The molecule has 2 aromatic rings. The van der Waals surface area contributed by atoms with E-state index in [1.54, 1.807) is 0 Å². The fraction of sp³-hybridized carbons (Fsp3) is 0.0714. The highest BCUT2D eigenvalue weighted by Gasteiger charge is 2.12. The molecule has 1 aromatic carbocycles. The molecule has 5 nitrogen and oxygen atoms in total. The van der Waals surface area contributed by atoms with Crippen LogP contribution in [-0.4, -0.2) is 16.8 Å². The first-order chi connectivity index (χ1) is 9.95. The number of carbonyl (C=O) groups excluding carboxylic acids is 2. The van der Waals surface area contributed by atoms with Gasteiger partial charge in [0.05, 0.1) is 5.69 Å². The summed E-state index contributed by atoms with van der Waals surface area (Å²) in [6.07, 6.45) is 0. The number of anilines is 2. The second-order valence-corrected chi connectivity index (χ2v) is 4.18. The molecule has 1 aromatic heterocycles. The van der Waals surface area contributed by atoms with Crippen molar-refractivity contribution in [2.45, 2.75) is 6.92 Å². The molecule has 0 atom stereocenters. The SMILES string of the molecule is CC(=O)Nc1ccc(F)c(NC(=O)c2cccc(F)n2)c1. The Morgan fingerprint density at radius 3 is 2.52 bits per heavy atom. The van der Waals surface area contributed by atoms with Crippen LogP contribution in [0.15, 0.2) is 36.4 Å². The molecule has 0 aliphatic carbocycles. The molecular formula is C14H11F2N3O2. The zero-order valence-electron chi connectivity index (χ0n) is 11.0. The van der Waals surface area contributed by atoms with E-state index in [1.807, 2.05) is 0 Å². The Morgan fingerprint density at radius 2 is 1.86 bits per heavy atom. The highest BCUT2D eigenvalue weighted by atomic mass is 19.1. The van der Waals surface area contributed by atoms with Crippen molar-refractivity contribution in [1.29, 1.82) is 0 Å². The smallest absolute Gasteiger partial charge is 0.274 e. The van der Waals surface area contributed by atoms with Crippen molar-refractivity contribution >= 4 is 23.2 Å². The number of rotatable bonds is 3. The molecule has 2 rings (SSSR count). The number of halogens is 2. The molecule has 0 fully saturated rings. The summed E-state index contributed by atoms with van der Waals surface area (Å²) in [7, 11) is 0. The molecule has 0 unspecified atom stereocenters. The van der Waals surface area contributed by atoms with E-state index >= 15 is 0 Å². The average molecular weight is 291 g/mol. The maximum absolute atomic E-state index is 13.6. The van der Waals surface area contributed by atoms with Crippen LogP contribution < -0.4 is 10.6 Å². The van der Waals surface area contributed by atoms with Crippen molar-refractivity contribution in [3.63, 3.8) is 0 Å². The van der Waals surface area contributed by atoms with Crippen molar-refractivity contribution in [1.82, 2.24) is 4.98 Å². The molecule has 1 heterocycles. The Bertz CT molecular complexity index is 704. The summed E-state index contributed by atoms with van der Waals surface area (Å²) >= 11 is 0. The monoisotopic (exact) mass is 291 g/mol. The summed E-state index contributed by atoms with van der Waals surface area (Å²) in [5, 5.41) is 4.73. The molecule has 0 aliphatic rings. The van der Waals surface area contributed by atoms with Gasteiger partial charge in [-0.1, -0.05) is 6.07 Å². The third kappa shape index (κ3) is 3.82. The van der Waals surface area contributed by atoms with Crippen molar-refractivity contribution in [3.8, 4) is 0 Å². The van der Waals surface area contributed by atoms with Crippen LogP contribution in [-0.2, 0) is 4.79 Å². The van der Waals surface area contributed by atoms with Crippen LogP contribution in [0.2, 0.25) is 0 Å². The summed E-state index contributed by atoms with van der Waals surface area (Å²) in [6, 6.07) is 7.42. The number of nitrogens with zero attached hydrogens (tertiary/aromatic N) is 1. The van der Waals surface area contributed by atoms with Gasteiger partial charge in [-0.05, 0) is 30.3 Å². The highest BCUT2D eigenvalue weighted by Crippen LogP contribution is 2.20.